The van der Waals surface area contributed by atoms with Crippen LogP contribution in [0.15, 0.2) is 35.4 Å². The van der Waals surface area contributed by atoms with Gasteiger partial charge in [-0.1, -0.05) is 35.4 Å². The normalized spacial score (nSPS) is 17.0. The van der Waals surface area contributed by atoms with E-state index in [1.165, 1.54) is 0 Å². The Hall–Kier alpha value is -3.26. The van der Waals surface area contributed by atoms with Crippen LogP contribution in [0.2, 0.25) is 0 Å². The average molecular weight is 417 g/mol. The standard InChI is InChI=1S/C20H27N5O5/c1-20(2,3)30-18(27)22-12-15(9-10-23-24-21)17(26)25-16(13-29-19(25)28)11-14-7-5-4-6-8-14/h4-8,15-16H,9-13H2,1-3H3,(H,22,27)/t15-,16?/m0/s1. The molecule has 1 fully saturated rings. The number of rotatable bonds is 8. The molecule has 2 atom stereocenters. The molecule has 1 unspecified atom stereocenters. The lowest BCUT2D eigenvalue weighted by Crippen LogP contribution is -2.47. The van der Waals surface area contributed by atoms with Gasteiger partial charge in [0.15, 0.2) is 0 Å². The maximum Gasteiger partial charge on any atom is 0.416 e. The summed E-state index contributed by atoms with van der Waals surface area (Å²) >= 11 is 0. The summed E-state index contributed by atoms with van der Waals surface area (Å²) in [6.07, 6.45) is -0.762. The van der Waals surface area contributed by atoms with Crippen molar-refractivity contribution in [1.82, 2.24) is 10.2 Å². The minimum absolute atomic E-state index is 0.0507. The van der Waals surface area contributed by atoms with Crippen LogP contribution in [0.1, 0.15) is 32.8 Å². The summed E-state index contributed by atoms with van der Waals surface area (Å²) in [6, 6.07) is 9.02. The highest BCUT2D eigenvalue weighted by Gasteiger charge is 2.40. The van der Waals surface area contributed by atoms with E-state index in [1.54, 1.807) is 20.8 Å². The molecular weight excluding hydrogens is 390 g/mol. The molecule has 10 nitrogen and oxygen atoms in total. The lowest BCUT2D eigenvalue weighted by Gasteiger charge is -2.25. The number of amides is 3. The maximum atomic E-state index is 13.1. The number of nitrogens with one attached hydrogen (secondary N) is 1. The number of azide groups is 1. The summed E-state index contributed by atoms with van der Waals surface area (Å²) in [4.78, 5) is 41.2. The lowest BCUT2D eigenvalue weighted by atomic mass is 10.0. The molecule has 1 heterocycles. The van der Waals surface area contributed by atoms with E-state index in [4.69, 9.17) is 15.0 Å². The molecule has 3 amide bonds. The Kier molecular flexibility index (Phi) is 8.06. The third-order valence-electron chi connectivity index (χ3n) is 4.39. The summed E-state index contributed by atoms with van der Waals surface area (Å²) in [6.45, 7) is 5.27. The van der Waals surface area contributed by atoms with Gasteiger partial charge < -0.3 is 14.8 Å². The van der Waals surface area contributed by atoms with E-state index >= 15 is 0 Å². The van der Waals surface area contributed by atoms with Crippen molar-refractivity contribution in [2.45, 2.75) is 45.3 Å². The fourth-order valence-electron chi connectivity index (χ4n) is 3.06. The van der Waals surface area contributed by atoms with Crippen LogP contribution in [-0.4, -0.2) is 54.3 Å². The van der Waals surface area contributed by atoms with Crippen LogP contribution in [0.5, 0.6) is 0 Å². The van der Waals surface area contributed by atoms with E-state index in [0.29, 0.717) is 6.42 Å². The molecule has 30 heavy (non-hydrogen) atoms. The Morgan fingerprint density at radius 2 is 2.07 bits per heavy atom. The molecule has 2 rings (SSSR count). The maximum absolute atomic E-state index is 13.1. The van der Waals surface area contributed by atoms with E-state index in [-0.39, 0.29) is 26.1 Å². The third-order valence-corrected chi connectivity index (χ3v) is 4.39. The SMILES string of the molecule is CC(C)(C)OC(=O)NC[C@H](CCN=[N+]=[N-])C(=O)N1C(=O)OCC1Cc1ccccc1. The molecule has 0 radical (unpaired) electrons. The van der Waals surface area contributed by atoms with Crippen molar-refractivity contribution in [2.75, 3.05) is 19.7 Å². The first-order chi connectivity index (χ1) is 14.2. The van der Waals surface area contributed by atoms with E-state index in [0.717, 1.165) is 10.5 Å². The minimum Gasteiger partial charge on any atom is -0.447 e. The zero-order chi connectivity index (χ0) is 22.1. The van der Waals surface area contributed by atoms with Gasteiger partial charge in [0.1, 0.15) is 12.2 Å². The topological polar surface area (TPSA) is 134 Å². The van der Waals surface area contributed by atoms with Gasteiger partial charge in [-0.15, -0.1) is 0 Å². The third kappa shape index (κ3) is 6.97. The molecule has 0 spiro atoms. The second kappa shape index (κ2) is 10.5. The molecule has 162 valence electrons. The highest BCUT2D eigenvalue weighted by molar-refractivity contribution is 5.95. The number of nitrogens with zero attached hydrogens (tertiary/aromatic N) is 4. The van der Waals surface area contributed by atoms with Gasteiger partial charge in [0.2, 0.25) is 5.91 Å². The van der Waals surface area contributed by atoms with Crippen LogP contribution >= 0.6 is 0 Å². The number of imide groups is 1. The molecule has 1 aliphatic heterocycles. The number of hydrogen-bond acceptors (Lipinski definition) is 6. The summed E-state index contributed by atoms with van der Waals surface area (Å²) in [5, 5.41) is 6.02. The molecule has 1 saturated heterocycles. The van der Waals surface area contributed by atoms with Crippen LogP contribution in [-0.2, 0) is 20.7 Å². The van der Waals surface area contributed by atoms with Gasteiger partial charge in [-0.3, -0.25) is 4.79 Å². The number of benzene rings is 1. The molecule has 0 aromatic heterocycles. The van der Waals surface area contributed by atoms with Crippen LogP contribution < -0.4 is 5.32 Å². The Bertz CT molecular complexity index is 802. The molecule has 1 aromatic rings. The van der Waals surface area contributed by atoms with Gasteiger partial charge in [0.25, 0.3) is 0 Å². The summed E-state index contributed by atoms with van der Waals surface area (Å²) < 4.78 is 10.3. The average Bonchev–Trinajstić information content (AvgIpc) is 3.03. The number of carbonyl (C=O) groups excluding carboxylic acids is 3. The highest BCUT2D eigenvalue weighted by Crippen LogP contribution is 2.21. The number of cyclic esters (lactones) is 1. The first-order valence-electron chi connectivity index (χ1n) is 9.72. The Morgan fingerprint density at radius 1 is 1.37 bits per heavy atom. The van der Waals surface area contributed by atoms with Gasteiger partial charge in [0, 0.05) is 18.0 Å². The van der Waals surface area contributed by atoms with Crippen LogP contribution in [0.25, 0.3) is 10.4 Å². The first kappa shape index (κ1) is 23.0. The first-order valence-corrected chi connectivity index (χ1v) is 9.72. The quantitative estimate of drug-likeness (QED) is 0.393. The number of alkyl carbamates (subject to hydrolysis) is 1. The fraction of sp³-hybridized carbons (Fsp3) is 0.550. The van der Waals surface area contributed by atoms with E-state index in [1.807, 2.05) is 30.3 Å². The molecule has 0 saturated carbocycles. The number of carbonyl (C=O) groups is 3. The summed E-state index contributed by atoms with van der Waals surface area (Å²) in [5.41, 5.74) is 8.80. The van der Waals surface area contributed by atoms with Crippen LogP contribution in [0, 0.1) is 5.92 Å². The van der Waals surface area contributed by atoms with Crippen molar-refractivity contribution >= 4 is 18.1 Å². The van der Waals surface area contributed by atoms with Crippen LogP contribution in [0.4, 0.5) is 9.59 Å². The van der Waals surface area contributed by atoms with Crippen LogP contribution in [0.3, 0.4) is 0 Å². The predicted octanol–water partition coefficient (Wildman–Crippen LogP) is 3.42. The van der Waals surface area contributed by atoms with E-state index in [2.05, 4.69) is 15.3 Å². The molecule has 1 N–H and O–H groups in total. The van der Waals surface area contributed by atoms with Gasteiger partial charge in [0.05, 0.1) is 12.0 Å². The zero-order valence-electron chi connectivity index (χ0n) is 17.4. The zero-order valence-corrected chi connectivity index (χ0v) is 17.4. The predicted molar refractivity (Wildman–Crippen MR) is 108 cm³/mol. The Labute approximate surface area is 175 Å². The molecular formula is C20H27N5O5. The van der Waals surface area contributed by atoms with E-state index < -0.39 is 35.7 Å². The van der Waals surface area contributed by atoms with Crippen molar-refractivity contribution in [3.63, 3.8) is 0 Å². The molecule has 1 aliphatic rings. The van der Waals surface area contributed by atoms with Gasteiger partial charge in [-0.2, -0.15) is 0 Å². The molecule has 0 bridgehead atoms. The minimum atomic E-state index is -0.771. The van der Waals surface area contributed by atoms with Crippen molar-refractivity contribution in [3.8, 4) is 0 Å². The second-order valence-corrected chi connectivity index (χ2v) is 7.95. The van der Waals surface area contributed by atoms with Crippen molar-refractivity contribution < 1.29 is 23.9 Å². The smallest absolute Gasteiger partial charge is 0.416 e. The number of ether oxygens (including phenoxy) is 2. The highest BCUT2D eigenvalue weighted by atomic mass is 16.6. The van der Waals surface area contributed by atoms with Gasteiger partial charge in [-0.05, 0) is 44.7 Å². The summed E-state index contributed by atoms with van der Waals surface area (Å²) in [7, 11) is 0. The molecule has 1 aromatic carbocycles. The summed E-state index contributed by atoms with van der Waals surface area (Å²) in [5.74, 6) is -1.26. The monoisotopic (exact) mass is 417 g/mol. The van der Waals surface area contributed by atoms with Crippen molar-refractivity contribution in [3.05, 3.63) is 46.3 Å². The Morgan fingerprint density at radius 3 is 2.70 bits per heavy atom. The molecule has 0 aliphatic carbocycles. The van der Waals surface area contributed by atoms with Gasteiger partial charge in [-0.25, -0.2) is 14.5 Å². The van der Waals surface area contributed by atoms with Gasteiger partial charge >= 0.3 is 12.2 Å². The van der Waals surface area contributed by atoms with E-state index in [9.17, 15) is 14.4 Å². The van der Waals surface area contributed by atoms with Crippen molar-refractivity contribution in [1.29, 1.82) is 0 Å². The Balaban J connectivity index is 2.10. The second-order valence-electron chi connectivity index (χ2n) is 7.95. The van der Waals surface area contributed by atoms with Crippen molar-refractivity contribution in [2.24, 2.45) is 11.0 Å². The molecule has 10 heteroatoms. The fourth-order valence-corrected chi connectivity index (χ4v) is 3.06. The number of hydrogen-bond donors (Lipinski definition) is 1. The lowest BCUT2D eigenvalue weighted by molar-refractivity contribution is -0.133. The largest absolute Gasteiger partial charge is 0.447 e.